The molecule has 0 unspecified atom stereocenters. The monoisotopic (exact) mass is 333 g/mol. The molecule has 0 saturated heterocycles. The van der Waals surface area contributed by atoms with Gasteiger partial charge in [0.15, 0.2) is 0 Å². The third-order valence-electron chi connectivity index (χ3n) is 3.57. The van der Waals surface area contributed by atoms with Gasteiger partial charge in [-0.25, -0.2) is 4.79 Å². The van der Waals surface area contributed by atoms with Gasteiger partial charge in [-0.1, -0.05) is 12.1 Å². The summed E-state index contributed by atoms with van der Waals surface area (Å²) in [6.07, 6.45) is 0.00256. The zero-order chi connectivity index (χ0) is 17.5. The summed E-state index contributed by atoms with van der Waals surface area (Å²) in [5, 5.41) is 5.07. The fourth-order valence-electron chi connectivity index (χ4n) is 2.37. The molecule has 0 aliphatic carbocycles. The van der Waals surface area contributed by atoms with Crippen molar-refractivity contribution in [3.8, 4) is 0 Å². The molecule has 0 saturated carbocycles. The van der Waals surface area contributed by atoms with Crippen molar-refractivity contribution in [2.45, 2.75) is 12.8 Å². The van der Waals surface area contributed by atoms with Crippen molar-refractivity contribution >= 4 is 23.8 Å². The van der Waals surface area contributed by atoms with E-state index in [-0.39, 0.29) is 43.8 Å². The lowest BCUT2D eigenvalue weighted by Crippen LogP contribution is -2.35. The first-order valence-electron chi connectivity index (χ1n) is 7.58. The van der Waals surface area contributed by atoms with Crippen molar-refractivity contribution in [2.24, 2.45) is 0 Å². The molecule has 8 nitrogen and oxygen atoms in total. The molecule has 1 aliphatic rings. The van der Waals surface area contributed by atoms with Gasteiger partial charge in [0.1, 0.15) is 0 Å². The second kappa shape index (κ2) is 8.09. The zero-order valence-corrected chi connectivity index (χ0v) is 13.3. The van der Waals surface area contributed by atoms with Gasteiger partial charge in [0.2, 0.25) is 5.91 Å². The summed E-state index contributed by atoms with van der Waals surface area (Å²) in [5.41, 5.74) is 0.807. The van der Waals surface area contributed by atoms with Gasteiger partial charge in [0.25, 0.3) is 11.8 Å². The summed E-state index contributed by atoms with van der Waals surface area (Å²) in [6.45, 7) is 0.734. The number of methoxy groups -OCH3 is 1. The molecule has 1 aliphatic heterocycles. The van der Waals surface area contributed by atoms with Crippen molar-refractivity contribution in [3.05, 3.63) is 35.4 Å². The highest BCUT2D eigenvalue weighted by Gasteiger charge is 2.34. The molecule has 0 spiro atoms. The van der Waals surface area contributed by atoms with Crippen LogP contribution in [0.3, 0.4) is 0 Å². The van der Waals surface area contributed by atoms with Gasteiger partial charge in [-0.15, -0.1) is 0 Å². The summed E-state index contributed by atoms with van der Waals surface area (Å²) < 4.78 is 4.39. The number of carbonyl (C=O) groups excluding carboxylic acids is 4. The van der Waals surface area contributed by atoms with Gasteiger partial charge in [-0.3, -0.25) is 19.3 Å². The van der Waals surface area contributed by atoms with Crippen LogP contribution in [0.4, 0.5) is 4.79 Å². The number of benzene rings is 1. The van der Waals surface area contributed by atoms with Crippen molar-refractivity contribution in [2.75, 3.05) is 26.7 Å². The molecule has 2 rings (SSSR count). The maximum absolute atomic E-state index is 12.1. The smallest absolute Gasteiger partial charge is 0.406 e. The topological polar surface area (TPSA) is 105 Å². The van der Waals surface area contributed by atoms with Gasteiger partial charge < -0.3 is 15.4 Å². The minimum absolute atomic E-state index is 0.186. The lowest BCUT2D eigenvalue weighted by atomic mass is 10.1. The van der Waals surface area contributed by atoms with E-state index in [2.05, 4.69) is 15.4 Å². The summed E-state index contributed by atoms with van der Waals surface area (Å²) >= 11 is 0. The number of nitrogens with zero attached hydrogens (tertiary/aromatic N) is 1. The van der Waals surface area contributed by atoms with Crippen LogP contribution in [-0.4, -0.2) is 55.5 Å². The van der Waals surface area contributed by atoms with E-state index in [4.69, 9.17) is 0 Å². The lowest BCUT2D eigenvalue weighted by molar-refractivity contribution is -0.121. The summed E-state index contributed by atoms with van der Waals surface area (Å²) in [6, 6.07) is 6.67. The van der Waals surface area contributed by atoms with Gasteiger partial charge in [-0.2, -0.15) is 0 Å². The molecule has 8 heteroatoms. The van der Waals surface area contributed by atoms with Crippen LogP contribution >= 0.6 is 0 Å². The Labute approximate surface area is 139 Å². The van der Waals surface area contributed by atoms with Gasteiger partial charge in [-0.05, 0) is 18.6 Å². The average molecular weight is 333 g/mol. The van der Waals surface area contributed by atoms with E-state index in [0.29, 0.717) is 17.5 Å². The Morgan fingerprint density at radius 2 is 1.62 bits per heavy atom. The van der Waals surface area contributed by atoms with E-state index in [0.717, 1.165) is 4.90 Å². The molecule has 1 aromatic carbocycles. The SMILES string of the molecule is COC(=O)NCCNC(=O)CCCN1C(=O)c2ccccc2C1=O. The number of alkyl carbamates (subject to hydrolysis) is 1. The first-order valence-corrected chi connectivity index (χ1v) is 7.58. The predicted octanol–water partition coefficient (Wildman–Crippen LogP) is 0.535. The second-order valence-corrected chi connectivity index (χ2v) is 5.18. The van der Waals surface area contributed by atoms with Crippen molar-refractivity contribution in [3.63, 3.8) is 0 Å². The Morgan fingerprint density at radius 3 is 2.21 bits per heavy atom. The van der Waals surface area contributed by atoms with Crippen LogP contribution in [0.15, 0.2) is 24.3 Å². The summed E-state index contributed by atoms with van der Waals surface area (Å²) in [5.74, 6) is -0.852. The van der Waals surface area contributed by atoms with Crippen LogP contribution in [-0.2, 0) is 9.53 Å². The van der Waals surface area contributed by atoms with E-state index in [9.17, 15) is 19.2 Å². The summed E-state index contributed by atoms with van der Waals surface area (Å²) in [7, 11) is 1.26. The van der Waals surface area contributed by atoms with Gasteiger partial charge >= 0.3 is 6.09 Å². The molecule has 0 aromatic heterocycles. The van der Waals surface area contributed by atoms with E-state index in [1.165, 1.54) is 7.11 Å². The first-order chi connectivity index (χ1) is 11.5. The number of nitrogens with one attached hydrogen (secondary N) is 2. The Kier molecular flexibility index (Phi) is 5.89. The highest BCUT2D eigenvalue weighted by atomic mass is 16.5. The number of fused-ring (bicyclic) bond motifs is 1. The van der Waals surface area contributed by atoms with Crippen LogP contribution in [0.1, 0.15) is 33.6 Å². The number of ether oxygens (including phenoxy) is 1. The van der Waals surface area contributed by atoms with E-state index >= 15 is 0 Å². The molecule has 4 amide bonds. The molecule has 0 atom stereocenters. The number of amides is 4. The summed E-state index contributed by atoms with van der Waals surface area (Å²) in [4.78, 5) is 47.9. The van der Waals surface area contributed by atoms with Crippen LogP contribution in [0, 0.1) is 0 Å². The van der Waals surface area contributed by atoms with Crippen LogP contribution in [0.5, 0.6) is 0 Å². The highest BCUT2D eigenvalue weighted by Crippen LogP contribution is 2.22. The van der Waals surface area contributed by atoms with Crippen LogP contribution < -0.4 is 10.6 Å². The lowest BCUT2D eigenvalue weighted by Gasteiger charge is -2.13. The maximum Gasteiger partial charge on any atom is 0.406 e. The Morgan fingerprint density at radius 1 is 1.04 bits per heavy atom. The molecule has 0 bridgehead atoms. The van der Waals surface area contributed by atoms with E-state index < -0.39 is 6.09 Å². The van der Waals surface area contributed by atoms with Gasteiger partial charge in [0, 0.05) is 26.1 Å². The van der Waals surface area contributed by atoms with E-state index in [1.54, 1.807) is 24.3 Å². The minimum Gasteiger partial charge on any atom is -0.453 e. The molecule has 128 valence electrons. The maximum atomic E-state index is 12.1. The minimum atomic E-state index is -0.560. The number of hydrogen-bond acceptors (Lipinski definition) is 5. The van der Waals surface area contributed by atoms with Crippen LogP contribution in [0.25, 0.3) is 0 Å². The second-order valence-electron chi connectivity index (χ2n) is 5.18. The molecule has 24 heavy (non-hydrogen) atoms. The molecule has 2 N–H and O–H groups in total. The standard InChI is InChI=1S/C16H19N3O5/c1-24-16(23)18-9-8-17-13(20)7-4-10-19-14(21)11-5-2-3-6-12(11)15(19)22/h2-3,5-6H,4,7-10H2,1H3,(H,17,20)(H,18,23). The van der Waals surface area contributed by atoms with Crippen molar-refractivity contribution < 1.29 is 23.9 Å². The molecule has 1 aromatic rings. The van der Waals surface area contributed by atoms with Crippen LogP contribution in [0.2, 0.25) is 0 Å². The Hall–Kier alpha value is -2.90. The number of rotatable bonds is 7. The molecule has 0 radical (unpaired) electrons. The predicted molar refractivity (Wildman–Crippen MR) is 84.5 cm³/mol. The number of hydrogen-bond donors (Lipinski definition) is 2. The largest absolute Gasteiger partial charge is 0.453 e. The Bertz CT molecular complexity index is 624. The third kappa shape index (κ3) is 4.09. The Balaban J connectivity index is 1.69. The number of carbonyl (C=O) groups is 4. The van der Waals surface area contributed by atoms with E-state index in [1.807, 2.05) is 0 Å². The normalized spacial score (nSPS) is 12.8. The fraction of sp³-hybridized carbons (Fsp3) is 0.375. The average Bonchev–Trinajstić information content (AvgIpc) is 2.83. The molecular formula is C16H19N3O5. The number of imide groups is 1. The van der Waals surface area contributed by atoms with Crippen molar-refractivity contribution in [1.29, 1.82) is 0 Å². The first kappa shape index (κ1) is 17.5. The quantitative estimate of drug-likeness (QED) is 0.559. The fourth-order valence-corrected chi connectivity index (χ4v) is 2.37. The molecule has 1 heterocycles. The highest BCUT2D eigenvalue weighted by molar-refractivity contribution is 6.21. The third-order valence-corrected chi connectivity index (χ3v) is 3.57. The van der Waals surface area contributed by atoms with Crippen molar-refractivity contribution in [1.82, 2.24) is 15.5 Å². The molecule has 0 fully saturated rings. The molecular weight excluding hydrogens is 314 g/mol. The zero-order valence-electron chi connectivity index (χ0n) is 13.3. The van der Waals surface area contributed by atoms with Gasteiger partial charge in [0.05, 0.1) is 18.2 Å².